The molecule has 0 radical (unpaired) electrons. The summed E-state index contributed by atoms with van der Waals surface area (Å²) in [5, 5.41) is 16.8. The number of nitrogens with zero attached hydrogens (tertiary/aromatic N) is 4. The van der Waals surface area contributed by atoms with E-state index in [4.69, 9.17) is 0 Å². The molecule has 8 nitrogen and oxygen atoms in total. The van der Waals surface area contributed by atoms with Crippen LogP contribution in [0.25, 0.3) is 0 Å². The second kappa shape index (κ2) is 6.04. The molecule has 21 heavy (non-hydrogen) atoms. The normalized spacial score (nSPS) is 10.0. The van der Waals surface area contributed by atoms with Crippen molar-refractivity contribution in [3.63, 3.8) is 0 Å². The highest BCUT2D eigenvalue weighted by Crippen LogP contribution is 2.31. The summed E-state index contributed by atoms with van der Waals surface area (Å²) in [7, 11) is 5.46. The largest absolute Gasteiger partial charge is 0.378 e. The summed E-state index contributed by atoms with van der Waals surface area (Å²) >= 11 is 0. The van der Waals surface area contributed by atoms with Crippen LogP contribution in [0.2, 0.25) is 0 Å². The van der Waals surface area contributed by atoms with Gasteiger partial charge >= 0.3 is 5.69 Å². The molecule has 0 atom stereocenters. The van der Waals surface area contributed by atoms with Crippen molar-refractivity contribution in [2.24, 2.45) is 0 Å². The second-order valence-electron chi connectivity index (χ2n) is 4.49. The van der Waals surface area contributed by atoms with Gasteiger partial charge in [0.2, 0.25) is 11.6 Å². The van der Waals surface area contributed by atoms with Gasteiger partial charge in [-0.1, -0.05) is 0 Å². The van der Waals surface area contributed by atoms with Gasteiger partial charge in [0, 0.05) is 32.5 Å². The maximum atomic E-state index is 11.2. The summed E-state index contributed by atoms with van der Waals surface area (Å²) in [5.41, 5.74) is 1.56. The van der Waals surface area contributed by atoms with Crippen LogP contribution in [0, 0.1) is 10.1 Å². The first-order valence-electron chi connectivity index (χ1n) is 6.24. The molecule has 1 heterocycles. The van der Waals surface area contributed by atoms with Crippen molar-refractivity contribution in [1.29, 1.82) is 0 Å². The van der Waals surface area contributed by atoms with Gasteiger partial charge in [-0.15, -0.1) is 0 Å². The monoisotopic (exact) mass is 288 g/mol. The van der Waals surface area contributed by atoms with Crippen LogP contribution in [0.15, 0.2) is 30.6 Å². The van der Waals surface area contributed by atoms with Crippen LogP contribution in [0.5, 0.6) is 0 Å². The highest BCUT2D eigenvalue weighted by molar-refractivity contribution is 5.74. The second-order valence-corrected chi connectivity index (χ2v) is 4.49. The average molecular weight is 288 g/mol. The molecule has 1 aromatic heterocycles. The van der Waals surface area contributed by atoms with E-state index >= 15 is 0 Å². The van der Waals surface area contributed by atoms with Crippen molar-refractivity contribution < 1.29 is 4.92 Å². The first-order valence-corrected chi connectivity index (χ1v) is 6.24. The molecule has 0 spiro atoms. The van der Waals surface area contributed by atoms with E-state index < -0.39 is 4.92 Å². The molecular weight excluding hydrogens is 272 g/mol. The van der Waals surface area contributed by atoms with Gasteiger partial charge in [0.15, 0.2) is 0 Å². The summed E-state index contributed by atoms with van der Waals surface area (Å²) in [5.74, 6) is 0.319. The minimum atomic E-state index is -0.512. The molecule has 8 heteroatoms. The van der Waals surface area contributed by atoms with Crippen LogP contribution < -0.4 is 15.5 Å². The number of aromatic nitrogens is 2. The Balaban J connectivity index is 2.33. The Morgan fingerprint density at radius 3 is 2.29 bits per heavy atom. The fourth-order valence-corrected chi connectivity index (χ4v) is 1.81. The molecule has 0 aliphatic rings. The molecule has 0 saturated heterocycles. The van der Waals surface area contributed by atoms with Gasteiger partial charge in [0.1, 0.15) is 6.33 Å². The van der Waals surface area contributed by atoms with E-state index in [1.54, 1.807) is 7.05 Å². The standard InChI is InChI=1S/C13H16N6O2/c1-14-12-11(19(20)21)13(16-8-15-12)17-9-4-6-10(7-5-9)18(2)3/h4-8H,1-3H3,(H2,14,15,16,17). The molecule has 0 aliphatic heterocycles. The van der Waals surface area contributed by atoms with E-state index in [2.05, 4.69) is 20.6 Å². The topological polar surface area (TPSA) is 96.2 Å². The van der Waals surface area contributed by atoms with Crippen LogP contribution in [-0.2, 0) is 0 Å². The Kier molecular flexibility index (Phi) is 4.17. The Morgan fingerprint density at radius 1 is 1.14 bits per heavy atom. The summed E-state index contributed by atoms with van der Waals surface area (Å²) in [4.78, 5) is 20.4. The molecule has 2 aromatic rings. The number of hydrogen-bond acceptors (Lipinski definition) is 7. The van der Waals surface area contributed by atoms with Crippen LogP contribution in [0.3, 0.4) is 0 Å². The molecule has 0 aliphatic carbocycles. The molecule has 0 bridgehead atoms. The lowest BCUT2D eigenvalue weighted by Gasteiger charge is -2.13. The van der Waals surface area contributed by atoms with Crippen molar-refractivity contribution in [2.45, 2.75) is 0 Å². The van der Waals surface area contributed by atoms with Crippen molar-refractivity contribution >= 4 is 28.7 Å². The van der Waals surface area contributed by atoms with Crippen molar-refractivity contribution in [1.82, 2.24) is 9.97 Å². The van der Waals surface area contributed by atoms with Gasteiger partial charge in [-0.05, 0) is 24.3 Å². The number of benzene rings is 1. The molecule has 2 N–H and O–H groups in total. The fraction of sp³-hybridized carbons (Fsp3) is 0.231. The van der Waals surface area contributed by atoms with E-state index in [-0.39, 0.29) is 17.3 Å². The molecule has 0 fully saturated rings. The summed E-state index contributed by atoms with van der Waals surface area (Å²) in [6, 6.07) is 7.49. The number of rotatable bonds is 5. The molecule has 0 unspecified atom stereocenters. The van der Waals surface area contributed by atoms with Gasteiger partial charge in [0.05, 0.1) is 4.92 Å². The van der Waals surface area contributed by atoms with Crippen LogP contribution >= 0.6 is 0 Å². The average Bonchev–Trinajstić information content (AvgIpc) is 2.47. The SMILES string of the molecule is CNc1ncnc(Nc2ccc(N(C)C)cc2)c1[N+](=O)[O-]. The maximum absolute atomic E-state index is 11.2. The summed E-state index contributed by atoms with van der Waals surface area (Å²) in [6.45, 7) is 0. The van der Waals surface area contributed by atoms with Crippen LogP contribution in [-0.4, -0.2) is 36.0 Å². The van der Waals surface area contributed by atoms with E-state index in [1.807, 2.05) is 43.3 Å². The molecule has 2 rings (SSSR count). The smallest absolute Gasteiger partial charge is 0.353 e. The first-order chi connectivity index (χ1) is 10.0. The lowest BCUT2D eigenvalue weighted by Crippen LogP contribution is -2.08. The zero-order valence-electron chi connectivity index (χ0n) is 12.0. The zero-order valence-corrected chi connectivity index (χ0v) is 12.0. The molecule has 1 aromatic carbocycles. The highest BCUT2D eigenvalue weighted by atomic mass is 16.6. The molecular formula is C13H16N6O2. The number of nitro groups is 1. The minimum Gasteiger partial charge on any atom is -0.378 e. The van der Waals surface area contributed by atoms with E-state index in [9.17, 15) is 10.1 Å². The van der Waals surface area contributed by atoms with Crippen molar-refractivity contribution in [2.75, 3.05) is 36.7 Å². The third-order valence-electron chi connectivity index (χ3n) is 2.89. The number of anilines is 4. The predicted octanol–water partition coefficient (Wildman–Crippen LogP) is 2.24. The summed E-state index contributed by atoms with van der Waals surface area (Å²) < 4.78 is 0. The molecule has 110 valence electrons. The number of nitrogens with one attached hydrogen (secondary N) is 2. The Bertz CT molecular complexity index is 642. The highest BCUT2D eigenvalue weighted by Gasteiger charge is 2.22. The van der Waals surface area contributed by atoms with Gasteiger partial charge in [-0.2, -0.15) is 0 Å². The predicted molar refractivity (Wildman–Crippen MR) is 82.3 cm³/mol. The Labute approximate surface area is 122 Å². The number of hydrogen-bond donors (Lipinski definition) is 2. The zero-order chi connectivity index (χ0) is 15.4. The van der Waals surface area contributed by atoms with E-state index in [0.717, 1.165) is 5.69 Å². The maximum Gasteiger partial charge on any atom is 0.353 e. The van der Waals surface area contributed by atoms with Crippen LogP contribution in [0.4, 0.5) is 28.7 Å². The minimum absolute atomic E-state index is 0.150. The lowest BCUT2D eigenvalue weighted by molar-refractivity contribution is -0.383. The Morgan fingerprint density at radius 2 is 1.76 bits per heavy atom. The van der Waals surface area contributed by atoms with Gasteiger partial charge in [0.25, 0.3) is 0 Å². The third-order valence-corrected chi connectivity index (χ3v) is 2.89. The van der Waals surface area contributed by atoms with E-state index in [1.165, 1.54) is 6.33 Å². The lowest BCUT2D eigenvalue weighted by atomic mass is 10.2. The van der Waals surface area contributed by atoms with E-state index in [0.29, 0.717) is 5.69 Å². The van der Waals surface area contributed by atoms with Gasteiger partial charge in [-0.3, -0.25) is 10.1 Å². The fourth-order valence-electron chi connectivity index (χ4n) is 1.81. The van der Waals surface area contributed by atoms with Gasteiger partial charge in [-0.25, -0.2) is 9.97 Å². The molecule has 0 saturated carbocycles. The van der Waals surface area contributed by atoms with Gasteiger partial charge < -0.3 is 15.5 Å². The van der Waals surface area contributed by atoms with Crippen LogP contribution in [0.1, 0.15) is 0 Å². The van der Waals surface area contributed by atoms with Crippen molar-refractivity contribution in [3.05, 3.63) is 40.7 Å². The quantitative estimate of drug-likeness (QED) is 0.643. The molecule has 0 amide bonds. The Hall–Kier alpha value is -2.90. The third kappa shape index (κ3) is 3.16. The summed E-state index contributed by atoms with van der Waals surface area (Å²) in [6.07, 6.45) is 1.27. The van der Waals surface area contributed by atoms with Crippen molar-refractivity contribution in [3.8, 4) is 0 Å². The first kappa shape index (κ1) is 14.5.